The van der Waals surface area contributed by atoms with E-state index in [1.54, 1.807) is 6.92 Å². The number of benzene rings is 1. The van der Waals surface area contributed by atoms with Crippen LogP contribution in [-0.2, 0) is 0 Å². The van der Waals surface area contributed by atoms with E-state index in [1.165, 1.54) is 0 Å². The normalized spacial score (nSPS) is 13.9. The minimum absolute atomic E-state index is 0.596. The Morgan fingerprint density at radius 3 is 2.67 bits per heavy atom. The Kier molecular flexibility index (Phi) is 4.14. The minimum atomic E-state index is -0.736. The van der Waals surface area contributed by atoms with Crippen molar-refractivity contribution < 1.29 is 4.74 Å². The second kappa shape index (κ2) is 5.38. The summed E-state index contributed by atoms with van der Waals surface area (Å²) in [5, 5.41) is 8.69. The van der Waals surface area contributed by atoms with Crippen LogP contribution in [0.15, 0.2) is 30.3 Å². The number of hydrogen-bond acceptors (Lipinski definition) is 3. The minimum Gasteiger partial charge on any atom is -0.494 e. The lowest BCUT2D eigenvalue weighted by Gasteiger charge is -2.14. The maximum absolute atomic E-state index is 8.69. The zero-order valence-electron chi connectivity index (χ0n) is 8.94. The average Bonchev–Trinajstić information content (AvgIpc) is 2.26. The van der Waals surface area contributed by atoms with Gasteiger partial charge in [0.2, 0.25) is 0 Å². The van der Waals surface area contributed by atoms with Crippen molar-refractivity contribution in [3.8, 4) is 11.8 Å². The van der Waals surface area contributed by atoms with Crippen LogP contribution in [0.4, 0.5) is 0 Å². The van der Waals surface area contributed by atoms with E-state index in [0.29, 0.717) is 13.0 Å². The largest absolute Gasteiger partial charge is 0.494 e. The van der Waals surface area contributed by atoms with Crippen molar-refractivity contribution >= 4 is 0 Å². The molecule has 0 bridgehead atoms. The number of nitrogens with zero attached hydrogens (tertiary/aromatic N) is 1. The predicted octanol–water partition coefficient (Wildman–Crippen LogP) is 2.09. The number of nitriles is 1. The third-order valence-electron chi connectivity index (χ3n) is 2.11. The molecule has 1 aromatic rings. The summed E-state index contributed by atoms with van der Waals surface area (Å²) in [4.78, 5) is 0. The van der Waals surface area contributed by atoms with Gasteiger partial charge in [-0.05, 0) is 31.9 Å². The summed E-state index contributed by atoms with van der Waals surface area (Å²) < 4.78 is 5.48. The molecule has 0 heterocycles. The van der Waals surface area contributed by atoms with E-state index in [2.05, 4.69) is 6.07 Å². The highest BCUT2D eigenvalue weighted by Crippen LogP contribution is 2.11. The molecule has 0 fully saturated rings. The molecule has 80 valence electrons. The molecule has 0 amide bonds. The molecule has 1 aromatic carbocycles. The second-order valence-corrected chi connectivity index (χ2v) is 3.79. The quantitative estimate of drug-likeness (QED) is 0.747. The molecule has 0 saturated heterocycles. The molecule has 3 heteroatoms. The summed E-state index contributed by atoms with van der Waals surface area (Å²) in [5.41, 5.74) is 4.94. The number of ether oxygens (including phenoxy) is 1. The van der Waals surface area contributed by atoms with E-state index in [4.69, 9.17) is 15.7 Å². The molecule has 0 radical (unpaired) electrons. The van der Waals surface area contributed by atoms with Crippen LogP contribution in [0.25, 0.3) is 0 Å². The van der Waals surface area contributed by atoms with Crippen molar-refractivity contribution in [2.45, 2.75) is 25.3 Å². The van der Waals surface area contributed by atoms with Crippen LogP contribution in [0.3, 0.4) is 0 Å². The van der Waals surface area contributed by atoms with Gasteiger partial charge in [0, 0.05) is 0 Å². The topological polar surface area (TPSA) is 59.0 Å². The van der Waals surface area contributed by atoms with Crippen molar-refractivity contribution in [2.75, 3.05) is 6.61 Å². The first-order valence-electron chi connectivity index (χ1n) is 5.02. The Bertz CT molecular complexity index is 327. The Hall–Kier alpha value is -1.53. The van der Waals surface area contributed by atoms with Gasteiger partial charge in [0.1, 0.15) is 11.3 Å². The van der Waals surface area contributed by atoms with Crippen LogP contribution in [0, 0.1) is 11.3 Å². The van der Waals surface area contributed by atoms with Crippen LogP contribution in [0.5, 0.6) is 5.75 Å². The Morgan fingerprint density at radius 1 is 1.40 bits per heavy atom. The van der Waals surface area contributed by atoms with Gasteiger partial charge in [0.25, 0.3) is 0 Å². The van der Waals surface area contributed by atoms with Crippen LogP contribution >= 0.6 is 0 Å². The predicted molar refractivity (Wildman–Crippen MR) is 59.4 cm³/mol. The number of nitrogens with two attached hydrogens (primary N) is 1. The van der Waals surface area contributed by atoms with Crippen molar-refractivity contribution in [3.63, 3.8) is 0 Å². The van der Waals surface area contributed by atoms with Gasteiger partial charge in [-0.1, -0.05) is 18.2 Å². The van der Waals surface area contributed by atoms with E-state index in [1.807, 2.05) is 30.3 Å². The van der Waals surface area contributed by atoms with Gasteiger partial charge in [-0.3, -0.25) is 0 Å². The Balaban J connectivity index is 2.21. The molecular formula is C12H16N2O. The van der Waals surface area contributed by atoms with Gasteiger partial charge in [0.05, 0.1) is 12.7 Å². The van der Waals surface area contributed by atoms with E-state index in [9.17, 15) is 0 Å². The van der Waals surface area contributed by atoms with Crippen molar-refractivity contribution in [3.05, 3.63) is 30.3 Å². The number of rotatable bonds is 5. The van der Waals surface area contributed by atoms with Gasteiger partial charge < -0.3 is 10.5 Å². The SMILES string of the molecule is CC(N)(C#N)CCCOc1ccccc1. The highest BCUT2D eigenvalue weighted by molar-refractivity contribution is 5.20. The molecule has 1 unspecified atom stereocenters. The van der Waals surface area contributed by atoms with Crippen LogP contribution in [0.2, 0.25) is 0 Å². The molecule has 0 aliphatic carbocycles. The highest BCUT2D eigenvalue weighted by Gasteiger charge is 2.15. The first-order chi connectivity index (χ1) is 7.14. The summed E-state index contributed by atoms with van der Waals surface area (Å²) in [5.74, 6) is 0.855. The van der Waals surface area contributed by atoms with Gasteiger partial charge in [0.15, 0.2) is 0 Å². The number of hydrogen-bond donors (Lipinski definition) is 1. The molecule has 0 spiro atoms. The first kappa shape index (κ1) is 11.5. The van der Waals surface area contributed by atoms with Crippen molar-refractivity contribution in [1.82, 2.24) is 0 Å². The molecule has 2 N–H and O–H groups in total. The smallest absolute Gasteiger partial charge is 0.119 e. The highest BCUT2D eigenvalue weighted by atomic mass is 16.5. The molecule has 0 aromatic heterocycles. The molecule has 0 saturated carbocycles. The lowest BCUT2D eigenvalue weighted by atomic mass is 10.00. The zero-order valence-corrected chi connectivity index (χ0v) is 8.94. The maximum atomic E-state index is 8.69. The fourth-order valence-corrected chi connectivity index (χ4v) is 1.20. The second-order valence-electron chi connectivity index (χ2n) is 3.79. The summed E-state index contributed by atoms with van der Waals surface area (Å²) in [7, 11) is 0. The maximum Gasteiger partial charge on any atom is 0.119 e. The molecule has 0 aliphatic rings. The fraction of sp³-hybridized carbons (Fsp3) is 0.417. The van der Waals surface area contributed by atoms with Gasteiger partial charge in [-0.2, -0.15) is 5.26 Å². The van der Waals surface area contributed by atoms with E-state index >= 15 is 0 Å². The van der Waals surface area contributed by atoms with Gasteiger partial charge in [-0.15, -0.1) is 0 Å². The monoisotopic (exact) mass is 204 g/mol. The standard InChI is InChI=1S/C12H16N2O/c1-12(14,10-13)8-5-9-15-11-6-3-2-4-7-11/h2-4,6-7H,5,8-9,14H2,1H3. The van der Waals surface area contributed by atoms with Crippen LogP contribution in [-0.4, -0.2) is 12.1 Å². The van der Waals surface area contributed by atoms with E-state index in [0.717, 1.165) is 12.2 Å². The summed E-state index contributed by atoms with van der Waals surface area (Å²) in [6.07, 6.45) is 1.44. The average molecular weight is 204 g/mol. The molecular weight excluding hydrogens is 188 g/mol. The molecule has 1 atom stereocenters. The van der Waals surface area contributed by atoms with Crippen molar-refractivity contribution in [1.29, 1.82) is 5.26 Å². The fourth-order valence-electron chi connectivity index (χ4n) is 1.20. The third kappa shape index (κ3) is 4.48. The molecule has 0 aliphatic heterocycles. The Morgan fingerprint density at radius 2 is 2.07 bits per heavy atom. The van der Waals surface area contributed by atoms with Crippen LogP contribution < -0.4 is 10.5 Å². The van der Waals surface area contributed by atoms with Gasteiger partial charge >= 0.3 is 0 Å². The Labute approximate surface area is 90.5 Å². The summed E-state index contributed by atoms with van der Waals surface area (Å²) in [6.45, 7) is 2.33. The summed E-state index contributed by atoms with van der Waals surface area (Å²) in [6, 6.07) is 11.7. The lowest BCUT2D eigenvalue weighted by molar-refractivity contribution is 0.296. The summed E-state index contributed by atoms with van der Waals surface area (Å²) >= 11 is 0. The first-order valence-corrected chi connectivity index (χ1v) is 5.02. The zero-order chi connectivity index (χ0) is 11.1. The molecule has 15 heavy (non-hydrogen) atoms. The third-order valence-corrected chi connectivity index (χ3v) is 2.11. The van der Waals surface area contributed by atoms with Crippen molar-refractivity contribution in [2.24, 2.45) is 5.73 Å². The molecule has 3 nitrogen and oxygen atoms in total. The van der Waals surface area contributed by atoms with E-state index in [-0.39, 0.29) is 0 Å². The van der Waals surface area contributed by atoms with Crippen LogP contribution in [0.1, 0.15) is 19.8 Å². The molecule has 1 rings (SSSR count). The van der Waals surface area contributed by atoms with Gasteiger partial charge in [-0.25, -0.2) is 0 Å². The van der Waals surface area contributed by atoms with E-state index < -0.39 is 5.54 Å². The lowest BCUT2D eigenvalue weighted by Crippen LogP contribution is -2.34. The number of para-hydroxylation sites is 1.